The SMILES string of the molecule is Nc1cccc(-c2nsc(=O)[nH]2)c1. The summed E-state index contributed by atoms with van der Waals surface area (Å²) in [6.07, 6.45) is 0. The molecule has 1 heterocycles. The molecule has 0 saturated heterocycles. The van der Waals surface area contributed by atoms with Gasteiger partial charge in [-0.05, 0) is 12.1 Å². The minimum atomic E-state index is -0.155. The van der Waals surface area contributed by atoms with Crippen LogP contribution in [-0.2, 0) is 0 Å². The van der Waals surface area contributed by atoms with E-state index < -0.39 is 0 Å². The largest absolute Gasteiger partial charge is 0.399 e. The van der Waals surface area contributed by atoms with Crippen LogP contribution in [0.3, 0.4) is 0 Å². The van der Waals surface area contributed by atoms with Crippen LogP contribution in [0.25, 0.3) is 11.4 Å². The third-order valence-corrected chi connectivity index (χ3v) is 2.14. The fourth-order valence-corrected chi connectivity index (χ4v) is 1.51. The Balaban J connectivity index is 2.52. The van der Waals surface area contributed by atoms with Crippen LogP contribution in [0.4, 0.5) is 5.69 Å². The molecular formula is C8H7N3OS. The summed E-state index contributed by atoms with van der Waals surface area (Å²) in [5.41, 5.74) is 7.08. The van der Waals surface area contributed by atoms with Crippen molar-refractivity contribution in [3.05, 3.63) is 33.9 Å². The number of hydrogen-bond donors (Lipinski definition) is 2. The fourth-order valence-electron chi connectivity index (χ4n) is 1.04. The summed E-state index contributed by atoms with van der Waals surface area (Å²) in [5, 5.41) is 0. The Kier molecular flexibility index (Phi) is 1.86. The molecule has 0 aliphatic heterocycles. The molecule has 0 saturated carbocycles. The number of aromatic amines is 1. The number of aromatic nitrogens is 2. The molecule has 0 atom stereocenters. The van der Waals surface area contributed by atoms with Gasteiger partial charge < -0.3 is 5.73 Å². The van der Waals surface area contributed by atoms with E-state index in [-0.39, 0.29) is 4.87 Å². The normalized spacial score (nSPS) is 10.2. The lowest BCUT2D eigenvalue weighted by atomic mass is 10.2. The van der Waals surface area contributed by atoms with E-state index in [0.717, 1.165) is 17.1 Å². The number of benzene rings is 1. The Hall–Kier alpha value is -1.62. The second-order valence-electron chi connectivity index (χ2n) is 2.57. The van der Waals surface area contributed by atoms with Gasteiger partial charge in [0.2, 0.25) is 0 Å². The summed E-state index contributed by atoms with van der Waals surface area (Å²) in [7, 11) is 0. The van der Waals surface area contributed by atoms with Gasteiger partial charge in [0.05, 0.1) is 0 Å². The maximum atomic E-state index is 10.8. The van der Waals surface area contributed by atoms with Crippen molar-refractivity contribution in [3.63, 3.8) is 0 Å². The van der Waals surface area contributed by atoms with E-state index in [1.165, 1.54) is 0 Å². The van der Waals surface area contributed by atoms with Gasteiger partial charge in [0.15, 0.2) is 5.82 Å². The maximum absolute atomic E-state index is 10.8. The molecule has 4 nitrogen and oxygen atoms in total. The third kappa shape index (κ3) is 1.59. The minimum Gasteiger partial charge on any atom is -0.399 e. The van der Waals surface area contributed by atoms with Crippen molar-refractivity contribution in [2.24, 2.45) is 0 Å². The van der Waals surface area contributed by atoms with Crippen LogP contribution in [0.5, 0.6) is 0 Å². The number of nitrogens with zero attached hydrogens (tertiary/aromatic N) is 1. The zero-order valence-electron chi connectivity index (χ0n) is 6.65. The topological polar surface area (TPSA) is 71.8 Å². The number of anilines is 1. The summed E-state index contributed by atoms with van der Waals surface area (Å²) < 4.78 is 3.95. The number of H-pyrrole nitrogens is 1. The lowest BCUT2D eigenvalue weighted by Crippen LogP contribution is -1.93. The zero-order valence-corrected chi connectivity index (χ0v) is 7.47. The van der Waals surface area contributed by atoms with Crippen LogP contribution >= 0.6 is 11.5 Å². The van der Waals surface area contributed by atoms with Gasteiger partial charge in [-0.1, -0.05) is 12.1 Å². The van der Waals surface area contributed by atoms with Crippen molar-refractivity contribution < 1.29 is 0 Å². The van der Waals surface area contributed by atoms with Crippen molar-refractivity contribution in [2.45, 2.75) is 0 Å². The van der Waals surface area contributed by atoms with E-state index in [0.29, 0.717) is 11.5 Å². The zero-order chi connectivity index (χ0) is 9.26. The van der Waals surface area contributed by atoms with Crippen LogP contribution in [-0.4, -0.2) is 9.36 Å². The van der Waals surface area contributed by atoms with Crippen LogP contribution in [0, 0.1) is 0 Å². The van der Waals surface area contributed by atoms with Crippen LogP contribution in [0.2, 0.25) is 0 Å². The minimum absolute atomic E-state index is 0.155. The number of nitrogens with one attached hydrogen (secondary N) is 1. The summed E-state index contributed by atoms with van der Waals surface area (Å²) in [6.45, 7) is 0. The van der Waals surface area contributed by atoms with Gasteiger partial charge in [-0.3, -0.25) is 9.78 Å². The first-order valence-electron chi connectivity index (χ1n) is 3.67. The molecule has 0 unspecified atom stereocenters. The van der Waals surface area contributed by atoms with Gasteiger partial charge in [0.25, 0.3) is 0 Å². The van der Waals surface area contributed by atoms with E-state index in [2.05, 4.69) is 9.36 Å². The first-order chi connectivity index (χ1) is 6.25. The van der Waals surface area contributed by atoms with Gasteiger partial charge in [0.1, 0.15) is 0 Å². The number of nitrogen functional groups attached to an aromatic ring is 1. The van der Waals surface area contributed by atoms with E-state index in [4.69, 9.17) is 5.73 Å². The first-order valence-corrected chi connectivity index (χ1v) is 4.45. The van der Waals surface area contributed by atoms with Crippen LogP contribution in [0.15, 0.2) is 29.1 Å². The fraction of sp³-hybridized carbons (Fsp3) is 0. The molecule has 5 heteroatoms. The quantitative estimate of drug-likeness (QED) is 0.666. The first kappa shape index (κ1) is 8.00. The monoisotopic (exact) mass is 193 g/mol. The summed E-state index contributed by atoms with van der Waals surface area (Å²) in [4.78, 5) is 13.3. The average molecular weight is 193 g/mol. The second-order valence-corrected chi connectivity index (χ2v) is 3.31. The van der Waals surface area contributed by atoms with Crippen molar-refractivity contribution in [3.8, 4) is 11.4 Å². The molecule has 1 aromatic carbocycles. The lowest BCUT2D eigenvalue weighted by molar-refractivity contribution is 1.28. The highest BCUT2D eigenvalue weighted by Crippen LogP contribution is 2.16. The molecule has 66 valence electrons. The predicted octanol–water partition coefficient (Wildman–Crippen LogP) is 1.08. The Morgan fingerprint density at radius 3 is 2.92 bits per heavy atom. The summed E-state index contributed by atoms with van der Waals surface area (Å²) in [6, 6.07) is 7.22. The average Bonchev–Trinajstić information content (AvgIpc) is 2.52. The highest BCUT2D eigenvalue weighted by molar-refractivity contribution is 7.03. The van der Waals surface area contributed by atoms with E-state index in [1.807, 2.05) is 12.1 Å². The highest BCUT2D eigenvalue weighted by atomic mass is 32.1. The van der Waals surface area contributed by atoms with Crippen molar-refractivity contribution >= 4 is 17.2 Å². The van der Waals surface area contributed by atoms with Gasteiger partial charge in [-0.2, -0.15) is 4.37 Å². The Morgan fingerprint density at radius 2 is 2.31 bits per heavy atom. The Labute approximate surface area is 78.2 Å². The van der Waals surface area contributed by atoms with E-state index in [9.17, 15) is 4.79 Å². The highest BCUT2D eigenvalue weighted by Gasteiger charge is 2.01. The molecule has 0 aliphatic carbocycles. The van der Waals surface area contributed by atoms with Crippen LogP contribution in [0.1, 0.15) is 0 Å². The molecule has 0 bridgehead atoms. The molecule has 0 fully saturated rings. The summed E-state index contributed by atoms with van der Waals surface area (Å²) in [5.74, 6) is 0.572. The molecule has 3 N–H and O–H groups in total. The summed E-state index contributed by atoms with van der Waals surface area (Å²) >= 11 is 0.903. The third-order valence-electron chi connectivity index (χ3n) is 1.60. The Morgan fingerprint density at radius 1 is 1.46 bits per heavy atom. The van der Waals surface area contributed by atoms with E-state index >= 15 is 0 Å². The van der Waals surface area contributed by atoms with Gasteiger partial charge in [0, 0.05) is 22.8 Å². The molecular weight excluding hydrogens is 186 g/mol. The number of hydrogen-bond acceptors (Lipinski definition) is 4. The standard InChI is InChI=1S/C8H7N3OS/c9-6-3-1-2-5(4-6)7-10-8(12)13-11-7/h1-4H,9H2,(H,10,11,12). The number of rotatable bonds is 1. The van der Waals surface area contributed by atoms with Gasteiger partial charge in [-0.15, -0.1) is 0 Å². The molecule has 2 aromatic rings. The second kappa shape index (κ2) is 3.02. The van der Waals surface area contributed by atoms with Gasteiger partial charge >= 0.3 is 4.87 Å². The lowest BCUT2D eigenvalue weighted by Gasteiger charge is -1.96. The molecule has 2 rings (SSSR count). The van der Waals surface area contributed by atoms with E-state index in [1.54, 1.807) is 12.1 Å². The molecule has 1 aromatic heterocycles. The number of nitrogens with two attached hydrogens (primary N) is 1. The maximum Gasteiger partial charge on any atom is 0.323 e. The molecule has 0 spiro atoms. The van der Waals surface area contributed by atoms with Gasteiger partial charge in [-0.25, -0.2) is 0 Å². The van der Waals surface area contributed by atoms with Crippen molar-refractivity contribution in [1.82, 2.24) is 9.36 Å². The predicted molar refractivity (Wildman–Crippen MR) is 52.6 cm³/mol. The molecule has 0 amide bonds. The molecule has 0 radical (unpaired) electrons. The molecule has 0 aliphatic rings. The van der Waals surface area contributed by atoms with Crippen LogP contribution < -0.4 is 10.6 Å². The smallest absolute Gasteiger partial charge is 0.323 e. The Bertz CT molecular complexity index is 474. The van der Waals surface area contributed by atoms with Crippen molar-refractivity contribution in [1.29, 1.82) is 0 Å². The van der Waals surface area contributed by atoms with Crippen molar-refractivity contribution in [2.75, 3.05) is 5.73 Å². The molecule has 13 heavy (non-hydrogen) atoms.